The van der Waals surface area contributed by atoms with Crippen LogP contribution in [0.1, 0.15) is 38.1 Å². The molecule has 0 aliphatic rings. The molecule has 0 saturated carbocycles. The summed E-state index contributed by atoms with van der Waals surface area (Å²) >= 11 is 0. The fourth-order valence-electron chi connectivity index (χ4n) is 1.63. The van der Waals surface area contributed by atoms with Crippen LogP contribution in [0.5, 0.6) is 0 Å². The van der Waals surface area contributed by atoms with Gasteiger partial charge in [-0.25, -0.2) is 4.79 Å². The summed E-state index contributed by atoms with van der Waals surface area (Å²) < 4.78 is 16.8. The average molecular weight is 311 g/mol. The molecule has 0 spiro atoms. The summed E-state index contributed by atoms with van der Waals surface area (Å²) in [6.45, 7) is 7.03. The summed E-state index contributed by atoms with van der Waals surface area (Å²) in [5.74, 6) is -1.02. The van der Waals surface area contributed by atoms with E-state index in [-0.39, 0.29) is 11.5 Å². The van der Waals surface area contributed by atoms with Gasteiger partial charge in [0.25, 0.3) is 5.91 Å². The van der Waals surface area contributed by atoms with Crippen molar-refractivity contribution in [1.82, 2.24) is 5.32 Å². The summed E-state index contributed by atoms with van der Waals surface area (Å²) in [7, 11) is -1.30. The number of carbonyl (C=O) groups is 2. The Bertz CT molecular complexity index is 563. The Morgan fingerprint density at radius 2 is 1.81 bits per heavy atom. The molecule has 0 fully saturated rings. The van der Waals surface area contributed by atoms with Crippen molar-refractivity contribution >= 4 is 22.7 Å². The van der Waals surface area contributed by atoms with Crippen LogP contribution in [0.25, 0.3) is 0 Å². The number of rotatable bonds is 4. The molecule has 0 aromatic heterocycles. The Kier molecular flexibility index (Phi) is 5.66. The SMILES string of the molecule is C[C@@H](OC(=O)c1ccccc1[S@@](C)=O)C(=O)NC(C)(C)C. The number of hydrogen-bond acceptors (Lipinski definition) is 4. The van der Waals surface area contributed by atoms with E-state index >= 15 is 0 Å². The largest absolute Gasteiger partial charge is 0.449 e. The van der Waals surface area contributed by atoms with Crippen LogP contribution in [-0.2, 0) is 20.3 Å². The molecule has 6 heteroatoms. The lowest BCUT2D eigenvalue weighted by Gasteiger charge is -2.23. The van der Waals surface area contributed by atoms with Crippen LogP contribution in [0.3, 0.4) is 0 Å². The van der Waals surface area contributed by atoms with E-state index in [9.17, 15) is 13.8 Å². The molecule has 1 aromatic carbocycles. The van der Waals surface area contributed by atoms with E-state index in [0.717, 1.165) is 0 Å². The average Bonchev–Trinajstić information content (AvgIpc) is 2.36. The molecule has 0 bridgehead atoms. The van der Waals surface area contributed by atoms with Gasteiger partial charge in [-0.05, 0) is 39.8 Å². The smallest absolute Gasteiger partial charge is 0.340 e. The molecule has 21 heavy (non-hydrogen) atoms. The van der Waals surface area contributed by atoms with Gasteiger partial charge in [0.05, 0.1) is 21.3 Å². The summed E-state index contributed by atoms with van der Waals surface area (Å²) in [5.41, 5.74) is -0.186. The molecule has 0 aliphatic heterocycles. The van der Waals surface area contributed by atoms with Crippen LogP contribution in [0, 0.1) is 0 Å². The maximum absolute atomic E-state index is 12.1. The van der Waals surface area contributed by atoms with Crippen LogP contribution < -0.4 is 5.32 Å². The van der Waals surface area contributed by atoms with Gasteiger partial charge in [0.15, 0.2) is 6.10 Å². The molecule has 0 saturated heterocycles. The fourth-order valence-corrected chi connectivity index (χ4v) is 2.37. The molecule has 1 aromatic rings. The van der Waals surface area contributed by atoms with E-state index in [1.165, 1.54) is 19.2 Å². The Morgan fingerprint density at radius 1 is 1.24 bits per heavy atom. The van der Waals surface area contributed by atoms with Gasteiger partial charge in [0.1, 0.15) is 0 Å². The molecule has 0 unspecified atom stereocenters. The Balaban J connectivity index is 2.82. The number of ether oxygens (including phenoxy) is 1. The van der Waals surface area contributed by atoms with Gasteiger partial charge < -0.3 is 10.1 Å². The van der Waals surface area contributed by atoms with Gasteiger partial charge >= 0.3 is 5.97 Å². The molecular weight excluding hydrogens is 290 g/mol. The zero-order chi connectivity index (χ0) is 16.2. The second-order valence-corrected chi connectivity index (χ2v) is 7.09. The second-order valence-electron chi connectivity index (χ2n) is 5.74. The van der Waals surface area contributed by atoms with Gasteiger partial charge in [0.2, 0.25) is 0 Å². The molecule has 116 valence electrons. The van der Waals surface area contributed by atoms with Crippen molar-refractivity contribution in [3.63, 3.8) is 0 Å². The lowest BCUT2D eigenvalue weighted by Crippen LogP contribution is -2.46. The molecule has 5 nitrogen and oxygen atoms in total. The molecule has 1 amide bonds. The predicted octanol–water partition coefficient (Wildman–Crippen LogP) is 1.88. The minimum Gasteiger partial charge on any atom is -0.449 e. The topological polar surface area (TPSA) is 72.5 Å². The second kappa shape index (κ2) is 6.85. The van der Waals surface area contributed by atoms with Crippen molar-refractivity contribution in [3.05, 3.63) is 29.8 Å². The van der Waals surface area contributed by atoms with E-state index < -0.39 is 28.4 Å². The molecule has 1 N–H and O–H groups in total. The van der Waals surface area contributed by atoms with Crippen molar-refractivity contribution in [2.24, 2.45) is 0 Å². The third kappa shape index (κ3) is 5.30. The maximum Gasteiger partial charge on any atom is 0.340 e. The highest BCUT2D eigenvalue weighted by Crippen LogP contribution is 2.15. The van der Waals surface area contributed by atoms with Crippen molar-refractivity contribution in [1.29, 1.82) is 0 Å². The fraction of sp³-hybridized carbons (Fsp3) is 0.467. The zero-order valence-electron chi connectivity index (χ0n) is 12.9. The molecular formula is C15H21NO4S. The normalized spacial score (nSPS) is 14.1. The number of esters is 1. The van der Waals surface area contributed by atoms with Gasteiger partial charge in [-0.3, -0.25) is 9.00 Å². The minimum atomic E-state index is -1.30. The standard InChI is InChI=1S/C15H21NO4S/c1-10(13(17)16-15(2,3)4)20-14(18)11-8-6-7-9-12(11)21(5)19/h6-10H,1-5H3,(H,16,17)/t10-,21-/m1/s1. The number of amides is 1. The summed E-state index contributed by atoms with van der Waals surface area (Å²) in [4.78, 5) is 24.4. The van der Waals surface area contributed by atoms with E-state index in [0.29, 0.717) is 4.90 Å². The highest BCUT2D eigenvalue weighted by atomic mass is 32.2. The van der Waals surface area contributed by atoms with Crippen LogP contribution in [0.4, 0.5) is 0 Å². The van der Waals surface area contributed by atoms with Gasteiger partial charge in [-0.2, -0.15) is 0 Å². The third-order valence-electron chi connectivity index (χ3n) is 2.57. The Morgan fingerprint density at radius 3 is 2.33 bits per heavy atom. The van der Waals surface area contributed by atoms with Gasteiger partial charge in [-0.15, -0.1) is 0 Å². The zero-order valence-corrected chi connectivity index (χ0v) is 13.7. The highest BCUT2D eigenvalue weighted by molar-refractivity contribution is 7.84. The van der Waals surface area contributed by atoms with Crippen molar-refractivity contribution < 1.29 is 18.5 Å². The Labute approximate surface area is 127 Å². The molecule has 0 heterocycles. The highest BCUT2D eigenvalue weighted by Gasteiger charge is 2.24. The lowest BCUT2D eigenvalue weighted by molar-refractivity contribution is -0.130. The molecule has 2 atom stereocenters. The third-order valence-corrected chi connectivity index (χ3v) is 3.54. The van der Waals surface area contributed by atoms with E-state index in [2.05, 4.69) is 5.32 Å². The van der Waals surface area contributed by atoms with Gasteiger partial charge in [0, 0.05) is 11.8 Å². The predicted molar refractivity (Wildman–Crippen MR) is 81.5 cm³/mol. The summed E-state index contributed by atoms with van der Waals surface area (Å²) in [5, 5.41) is 2.74. The number of nitrogens with one attached hydrogen (secondary N) is 1. The van der Waals surface area contributed by atoms with Crippen molar-refractivity contribution in [2.75, 3.05) is 6.26 Å². The van der Waals surface area contributed by atoms with E-state index in [1.54, 1.807) is 18.2 Å². The number of benzene rings is 1. The molecule has 1 rings (SSSR count). The van der Waals surface area contributed by atoms with Crippen LogP contribution in [-0.4, -0.2) is 34.0 Å². The molecule has 0 aliphatic carbocycles. The van der Waals surface area contributed by atoms with Crippen molar-refractivity contribution in [3.8, 4) is 0 Å². The quantitative estimate of drug-likeness (QED) is 0.862. The maximum atomic E-state index is 12.1. The van der Waals surface area contributed by atoms with Gasteiger partial charge in [-0.1, -0.05) is 12.1 Å². The van der Waals surface area contributed by atoms with Crippen LogP contribution >= 0.6 is 0 Å². The first-order valence-electron chi connectivity index (χ1n) is 6.57. The Hall–Kier alpha value is -1.69. The number of hydrogen-bond donors (Lipinski definition) is 1. The summed E-state index contributed by atoms with van der Waals surface area (Å²) in [6, 6.07) is 6.50. The summed E-state index contributed by atoms with van der Waals surface area (Å²) in [6.07, 6.45) is 0.567. The molecule has 0 radical (unpaired) electrons. The minimum absolute atomic E-state index is 0.216. The monoisotopic (exact) mass is 311 g/mol. The van der Waals surface area contributed by atoms with E-state index in [1.807, 2.05) is 20.8 Å². The lowest BCUT2D eigenvalue weighted by atomic mass is 10.1. The first kappa shape index (κ1) is 17.4. The van der Waals surface area contributed by atoms with Crippen LogP contribution in [0.2, 0.25) is 0 Å². The van der Waals surface area contributed by atoms with E-state index in [4.69, 9.17) is 4.74 Å². The number of carbonyl (C=O) groups excluding carboxylic acids is 2. The van der Waals surface area contributed by atoms with Crippen molar-refractivity contribution in [2.45, 2.75) is 44.2 Å². The first-order chi connectivity index (χ1) is 9.61. The first-order valence-corrected chi connectivity index (χ1v) is 8.13. The van der Waals surface area contributed by atoms with Crippen LogP contribution in [0.15, 0.2) is 29.2 Å².